The molecule has 17 heavy (non-hydrogen) atoms. The Morgan fingerprint density at radius 2 is 2.24 bits per heavy atom. The van der Waals surface area contributed by atoms with E-state index in [9.17, 15) is 4.79 Å². The predicted molar refractivity (Wildman–Crippen MR) is 66.8 cm³/mol. The first kappa shape index (κ1) is 12.8. The summed E-state index contributed by atoms with van der Waals surface area (Å²) in [6, 6.07) is 1.48. The fourth-order valence-corrected chi connectivity index (χ4v) is 1.26. The smallest absolute Gasteiger partial charge is 0.336 e. The summed E-state index contributed by atoms with van der Waals surface area (Å²) in [6.07, 6.45) is 4.68. The average Bonchev–Trinajstić information content (AvgIpc) is 2.31. The molecule has 5 heteroatoms. The van der Waals surface area contributed by atoms with Crippen LogP contribution in [0.15, 0.2) is 34.5 Å². The first-order chi connectivity index (χ1) is 8.10. The van der Waals surface area contributed by atoms with Gasteiger partial charge in [-0.1, -0.05) is 6.08 Å². The maximum Gasteiger partial charge on any atom is 0.336 e. The van der Waals surface area contributed by atoms with Gasteiger partial charge in [0, 0.05) is 18.1 Å². The molecule has 1 N–H and O–H groups in total. The Bertz CT molecular complexity index is 504. The van der Waals surface area contributed by atoms with E-state index in [1.165, 1.54) is 18.5 Å². The lowest BCUT2D eigenvalue weighted by molar-refractivity contribution is 0.0696. The molecule has 0 radical (unpaired) electrons. The van der Waals surface area contributed by atoms with Gasteiger partial charge in [-0.15, -0.1) is 0 Å². The van der Waals surface area contributed by atoms with Crippen LogP contribution in [0.4, 0.5) is 0 Å². The molecule has 0 aliphatic rings. The van der Waals surface area contributed by atoms with Crippen LogP contribution in [0.2, 0.25) is 0 Å². The topological polar surface area (TPSA) is 74.9 Å². The van der Waals surface area contributed by atoms with Crippen molar-refractivity contribution in [2.45, 2.75) is 13.8 Å². The molecule has 0 spiro atoms. The zero-order valence-corrected chi connectivity index (χ0v) is 9.71. The number of pyridine rings is 1. The molecule has 1 aromatic rings. The van der Waals surface area contributed by atoms with Gasteiger partial charge >= 0.3 is 5.97 Å². The molecular formula is C12H13N3O2. The van der Waals surface area contributed by atoms with Crippen molar-refractivity contribution in [2.75, 3.05) is 0 Å². The van der Waals surface area contributed by atoms with Crippen molar-refractivity contribution in [3.63, 3.8) is 0 Å². The summed E-state index contributed by atoms with van der Waals surface area (Å²) in [7, 11) is 0. The Kier molecular flexibility index (Phi) is 4.28. The largest absolute Gasteiger partial charge is 0.478 e. The summed E-state index contributed by atoms with van der Waals surface area (Å²) in [6.45, 7) is 6.90. The fourth-order valence-electron chi connectivity index (χ4n) is 1.26. The van der Waals surface area contributed by atoms with E-state index in [-0.39, 0.29) is 11.4 Å². The van der Waals surface area contributed by atoms with Crippen LogP contribution >= 0.6 is 0 Å². The molecule has 0 bridgehead atoms. The van der Waals surface area contributed by atoms with Crippen LogP contribution in [0.25, 0.3) is 0 Å². The molecule has 1 heterocycles. The Morgan fingerprint density at radius 1 is 1.53 bits per heavy atom. The summed E-state index contributed by atoms with van der Waals surface area (Å²) in [5.41, 5.74) is 1.10. The second kappa shape index (κ2) is 5.69. The molecule has 1 rings (SSSR count). The molecule has 88 valence electrons. The number of hydrogen-bond acceptors (Lipinski definition) is 3. The van der Waals surface area contributed by atoms with E-state index in [1.807, 2.05) is 0 Å². The third-order valence-corrected chi connectivity index (χ3v) is 2.01. The van der Waals surface area contributed by atoms with Crippen LogP contribution in [0.5, 0.6) is 0 Å². The number of carboxylic acids is 1. The van der Waals surface area contributed by atoms with Crippen LogP contribution in [-0.2, 0) is 0 Å². The minimum atomic E-state index is -1.04. The summed E-state index contributed by atoms with van der Waals surface area (Å²) in [5.74, 6) is -0.796. The first-order valence-electron chi connectivity index (χ1n) is 4.96. The van der Waals surface area contributed by atoms with Crippen LogP contribution < -0.4 is 0 Å². The van der Waals surface area contributed by atoms with E-state index < -0.39 is 5.97 Å². The second-order valence-corrected chi connectivity index (χ2v) is 3.27. The molecule has 0 amide bonds. The number of amidine groups is 1. The molecule has 0 unspecified atom stereocenters. The lowest BCUT2D eigenvalue weighted by Gasteiger charge is -2.05. The number of aryl methyl sites for hydroxylation is 1. The van der Waals surface area contributed by atoms with E-state index in [0.717, 1.165) is 0 Å². The zero-order valence-electron chi connectivity index (χ0n) is 9.71. The molecule has 1 aromatic heterocycles. The van der Waals surface area contributed by atoms with E-state index in [2.05, 4.69) is 21.7 Å². The molecular weight excluding hydrogens is 218 g/mol. The summed E-state index contributed by atoms with van der Waals surface area (Å²) in [4.78, 5) is 22.9. The highest BCUT2D eigenvalue weighted by atomic mass is 16.4. The first-order valence-corrected chi connectivity index (χ1v) is 4.96. The van der Waals surface area contributed by atoms with Gasteiger partial charge in [-0.2, -0.15) is 0 Å². The maximum atomic E-state index is 11.1. The molecule has 0 saturated carbocycles. The normalized spacial score (nSPS) is 11.8. The van der Waals surface area contributed by atoms with E-state index in [1.54, 1.807) is 19.9 Å². The van der Waals surface area contributed by atoms with Crippen molar-refractivity contribution in [1.82, 2.24) is 4.98 Å². The van der Waals surface area contributed by atoms with Gasteiger partial charge in [-0.25, -0.2) is 14.8 Å². The molecule has 0 fully saturated rings. The van der Waals surface area contributed by atoms with Crippen molar-refractivity contribution in [1.29, 1.82) is 0 Å². The molecule has 0 aliphatic heterocycles. The average molecular weight is 231 g/mol. The van der Waals surface area contributed by atoms with Crippen LogP contribution in [-0.4, -0.2) is 28.6 Å². The minimum Gasteiger partial charge on any atom is -0.478 e. The number of nitrogens with zero attached hydrogens (tertiary/aromatic N) is 3. The number of rotatable bonds is 3. The molecule has 0 aromatic carbocycles. The zero-order chi connectivity index (χ0) is 12.8. The van der Waals surface area contributed by atoms with Crippen molar-refractivity contribution < 1.29 is 9.90 Å². The highest BCUT2D eigenvalue weighted by Crippen LogP contribution is 2.12. The van der Waals surface area contributed by atoms with Gasteiger partial charge in [-0.05, 0) is 26.6 Å². The third kappa shape index (κ3) is 3.07. The van der Waals surface area contributed by atoms with E-state index in [4.69, 9.17) is 5.11 Å². The molecule has 5 nitrogen and oxygen atoms in total. The third-order valence-electron chi connectivity index (χ3n) is 2.01. The number of allylic oxidation sites excluding steroid dienone is 1. The van der Waals surface area contributed by atoms with Crippen LogP contribution in [0, 0.1) is 6.92 Å². The number of hydrogen-bond donors (Lipinski definition) is 1. The van der Waals surface area contributed by atoms with Gasteiger partial charge in [0.15, 0.2) is 5.84 Å². The van der Waals surface area contributed by atoms with E-state index >= 15 is 0 Å². The maximum absolute atomic E-state index is 11.1. The fraction of sp³-hybridized carbons (Fsp3) is 0.167. The van der Waals surface area contributed by atoms with Gasteiger partial charge in [0.05, 0.1) is 11.1 Å². The van der Waals surface area contributed by atoms with Crippen molar-refractivity contribution in [3.05, 3.63) is 41.4 Å². The van der Waals surface area contributed by atoms with Crippen molar-refractivity contribution in [2.24, 2.45) is 9.98 Å². The number of carboxylic acid groups (broad SMARTS) is 1. The Hall–Kier alpha value is -2.30. The van der Waals surface area contributed by atoms with Gasteiger partial charge in [0.2, 0.25) is 0 Å². The van der Waals surface area contributed by atoms with Gasteiger partial charge in [-0.3, -0.25) is 4.98 Å². The van der Waals surface area contributed by atoms with Crippen LogP contribution in [0.1, 0.15) is 28.5 Å². The van der Waals surface area contributed by atoms with Gasteiger partial charge < -0.3 is 5.11 Å². The highest BCUT2D eigenvalue weighted by molar-refractivity contribution is 6.08. The molecule has 0 atom stereocenters. The number of aliphatic imine (C=N–C) groups is 2. The molecule has 0 saturated heterocycles. The number of carbonyl (C=O) groups is 1. The summed E-state index contributed by atoms with van der Waals surface area (Å²) >= 11 is 0. The lowest BCUT2D eigenvalue weighted by atomic mass is 10.1. The second-order valence-electron chi connectivity index (χ2n) is 3.27. The van der Waals surface area contributed by atoms with Crippen molar-refractivity contribution >= 4 is 18.5 Å². The monoisotopic (exact) mass is 231 g/mol. The summed E-state index contributed by atoms with van der Waals surface area (Å²) in [5, 5.41) is 9.10. The minimum absolute atomic E-state index is 0.119. The number of aromatic nitrogens is 1. The van der Waals surface area contributed by atoms with Crippen LogP contribution in [0.3, 0.4) is 0 Å². The molecule has 0 aliphatic carbocycles. The van der Waals surface area contributed by atoms with Gasteiger partial charge in [0.1, 0.15) is 0 Å². The Morgan fingerprint density at radius 3 is 2.76 bits per heavy atom. The highest BCUT2D eigenvalue weighted by Gasteiger charge is 2.14. The standard InChI is InChI=1S/C12H13N3O2/c1-4-5-14-11(13-3)10-7-15-8(2)6-9(10)12(16)17/h4-7H,3H2,1-2H3,(H,16,17)/b5-4-,14-11?. The van der Waals surface area contributed by atoms with Gasteiger partial charge in [0.25, 0.3) is 0 Å². The lowest BCUT2D eigenvalue weighted by Crippen LogP contribution is -2.09. The number of aromatic carboxylic acids is 1. The Balaban J connectivity index is 3.38. The predicted octanol–water partition coefficient (Wildman–Crippen LogP) is 2.07. The van der Waals surface area contributed by atoms with E-state index in [0.29, 0.717) is 11.3 Å². The quantitative estimate of drug-likeness (QED) is 0.639. The summed E-state index contributed by atoms with van der Waals surface area (Å²) < 4.78 is 0. The SMILES string of the molecule is C=NC(=N/C=C\C)c1cnc(C)cc1C(=O)O. The Labute approximate surface area is 99.3 Å². The van der Waals surface area contributed by atoms with Crippen molar-refractivity contribution in [3.8, 4) is 0 Å².